The molecule has 0 amide bonds. The summed E-state index contributed by atoms with van der Waals surface area (Å²) in [6.07, 6.45) is 5.59. The van der Waals surface area contributed by atoms with E-state index in [1.807, 2.05) is 44.2 Å². The first-order chi connectivity index (χ1) is 19.0. The molecular formula is C34H37NO4. The fourth-order valence-corrected chi connectivity index (χ4v) is 5.43. The number of rotatable bonds is 12. The highest BCUT2D eigenvalue weighted by Crippen LogP contribution is 2.51. The first-order valence-electron chi connectivity index (χ1n) is 14.0. The average Bonchev–Trinajstić information content (AvgIpc) is 3.65. The predicted molar refractivity (Wildman–Crippen MR) is 153 cm³/mol. The van der Waals surface area contributed by atoms with E-state index in [1.54, 1.807) is 0 Å². The van der Waals surface area contributed by atoms with Crippen molar-refractivity contribution < 1.29 is 19.2 Å². The zero-order chi connectivity index (χ0) is 27.2. The second-order valence-corrected chi connectivity index (χ2v) is 10.7. The van der Waals surface area contributed by atoms with Crippen molar-refractivity contribution >= 4 is 5.97 Å². The van der Waals surface area contributed by atoms with Gasteiger partial charge in [-0.2, -0.15) is 0 Å². The van der Waals surface area contributed by atoms with Crippen molar-refractivity contribution in [3.8, 4) is 22.5 Å². The van der Waals surface area contributed by atoms with Gasteiger partial charge in [-0.15, -0.1) is 0 Å². The monoisotopic (exact) mass is 523 g/mol. The summed E-state index contributed by atoms with van der Waals surface area (Å²) in [6.45, 7) is 4.27. The number of aliphatic hydroxyl groups is 1. The van der Waals surface area contributed by atoms with Crippen LogP contribution in [-0.4, -0.2) is 22.8 Å². The Hall–Kier alpha value is -3.70. The topological polar surface area (TPSA) is 72.6 Å². The molecule has 1 aromatic heterocycles. The summed E-state index contributed by atoms with van der Waals surface area (Å²) in [7, 11) is 0. The number of unbranched alkanes of at least 4 members (excludes halogenated alkanes) is 1. The molecule has 1 N–H and O–H groups in total. The van der Waals surface area contributed by atoms with Crippen LogP contribution in [-0.2, 0) is 21.4 Å². The smallest absolute Gasteiger partial charge is 0.306 e. The van der Waals surface area contributed by atoms with E-state index < -0.39 is 6.10 Å². The number of ether oxygens (including phenoxy) is 1. The van der Waals surface area contributed by atoms with Crippen LogP contribution in [0.3, 0.4) is 0 Å². The Bertz CT molecular complexity index is 1370. The maximum Gasteiger partial charge on any atom is 0.306 e. The van der Waals surface area contributed by atoms with Gasteiger partial charge in [-0.3, -0.25) is 4.79 Å². The average molecular weight is 524 g/mol. The van der Waals surface area contributed by atoms with Gasteiger partial charge >= 0.3 is 5.97 Å². The molecule has 202 valence electrons. The van der Waals surface area contributed by atoms with E-state index in [9.17, 15) is 9.90 Å². The molecule has 1 aliphatic carbocycles. The van der Waals surface area contributed by atoms with E-state index in [4.69, 9.17) is 9.26 Å². The molecule has 5 nitrogen and oxygen atoms in total. The van der Waals surface area contributed by atoms with Crippen LogP contribution in [0.15, 0.2) is 83.4 Å². The first kappa shape index (κ1) is 26.9. The first-order valence-corrected chi connectivity index (χ1v) is 14.0. The van der Waals surface area contributed by atoms with Crippen molar-refractivity contribution in [2.75, 3.05) is 6.61 Å². The van der Waals surface area contributed by atoms with Crippen LogP contribution in [0.1, 0.15) is 73.9 Å². The largest absolute Gasteiger partial charge is 0.466 e. The predicted octanol–water partition coefficient (Wildman–Crippen LogP) is 7.75. The van der Waals surface area contributed by atoms with Crippen LogP contribution in [0.4, 0.5) is 0 Å². The van der Waals surface area contributed by atoms with Crippen LogP contribution in [0.5, 0.6) is 0 Å². The number of hydrogen-bond acceptors (Lipinski definition) is 5. The molecule has 3 aromatic carbocycles. The summed E-state index contributed by atoms with van der Waals surface area (Å²) < 4.78 is 10.9. The number of aliphatic hydroxyl groups excluding tert-OH is 1. The molecule has 39 heavy (non-hydrogen) atoms. The molecule has 5 heteroatoms. The lowest BCUT2D eigenvalue weighted by Gasteiger charge is -2.15. The minimum atomic E-state index is -0.428. The van der Waals surface area contributed by atoms with Crippen molar-refractivity contribution in [3.05, 3.63) is 101 Å². The highest BCUT2D eigenvalue weighted by atomic mass is 16.5. The summed E-state index contributed by atoms with van der Waals surface area (Å²) in [4.78, 5) is 12.0. The van der Waals surface area contributed by atoms with E-state index in [2.05, 4.69) is 53.7 Å². The van der Waals surface area contributed by atoms with Crippen molar-refractivity contribution in [2.45, 2.75) is 70.3 Å². The molecule has 1 aliphatic rings. The summed E-state index contributed by atoms with van der Waals surface area (Å²) >= 11 is 0. The summed E-state index contributed by atoms with van der Waals surface area (Å²) in [5, 5.41) is 14.7. The second-order valence-electron chi connectivity index (χ2n) is 10.7. The van der Waals surface area contributed by atoms with Crippen LogP contribution in [0, 0.1) is 6.92 Å². The summed E-state index contributed by atoms with van der Waals surface area (Å²) in [5.41, 5.74) is 7.49. The van der Waals surface area contributed by atoms with Crippen LogP contribution in [0.25, 0.3) is 22.5 Å². The Morgan fingerprint density at radius 3 is 2.23 bits per heavy atom. The molecule has 5 rings (SSSR count). The van der Waals surface area contributed by atoms with Crippen LogP contribution in [0.2, 0.25) is 0 Å². The Balaban J connectivity index is 1.20. The number of benzene rings is 3. The molecule has 1 fully saturated rings. The molecule has 1 heterocycles. The van der Waals surface area contributed by atoms with E-state index in [1.165, 1.54) is 5.56 Å². The SMILES string of the molecule is CCOC(=O)CC1(c2ccc(-c3ccc(-c4onc(C)c4CCCCC(O)c4ccccc4)cc3)cc2)CC1. The van der Waals surface area contributed by atoms with Crippen molar-refractivity contribution in [2.24, 2.45) is 0 Å². The molecule has 0 bridgehead atoms. The van der Waals surface area contributed by atoms with Gasteiger partial charge in [-0.25, -0.2) is 0 Å². The summed E-state index contributed by atoms with van der Waals surface area (Å²) in [6, 6.07) is 26.9. The maximum absolute atomic E-state index is 12.0. The van der Waals surface area contributed by atoms with Gasteiger partial charge in [0.25, 0.3) is 0 Å². The van der Waals surface area contributed by atoms with Gasteiger partial charge in [0.1, 0.15) is 0 Å². The van der Waals surface area contributed by atoms with Gasteiger partial charge < -0.3 is 14.4 Å². The molecule has 0 saturated heterocycles. The zero-order valence-corrected chi connectivity index (χ0v) is 22.9. The second kappa shape index (κ2) is 12.0. The highest BCUT2D eigenvalue weighted by molar-refractivity contribution is 5.73. The lowest BCUT2D eigenvalue weighted by Crippen LogP contribution is -2.15. The maximum atomic E-state index is 12.0. The standard InChI is InChI=1S/C34H37NO4/c1-3-38-32(37)23-34(21-22-34)29-19-17-26(18-20-29)25-13-15-28(16-14-25)33-30(24(2)35-39-33)11-7-8-12-31(36)27-9-5-4-6-10-27/h4-6,9-10,13-20,31,36H,3,7-8,11-12,21-23H2,1-2H3. The molecule has 1 unspecified atom stereocenters. The number of esters is 1. The Morgan fingerprint density at radius 1 is 0.949 bits per heavy atom. The molecule has 1 saturated carbocycles. The third-order valence-electron chi connectivity index (χ3n) is 7.94. The lowest BCUT2D eigenvalue weighted by molar-refractivity contribution is -0.143. The number of aromatic nitrogens is 1. The molecule has 1 atom stereocenters. The van der Waals surface area contributed by atoms with Gasteiger partial charge in [0, 0.05) is 16.5 Å². The van der Waals surface area contributed by atoms with Crippen molar-refractivity contribution in [3.63, 3.8) is 0 Å². The third kappa shape index (κ3) is 6.31. The van der Waals surface area contributed by atoms with E-state index in [0.29, 0.717) is 13.0 Å². The highest BCUT2D eigenvalue weighted by Gasteiger charge is 2.46. The Kier molecular flexibility index (Phi) is 8.27. The molecule has 0 aliphatic heterocycles. The van der Waals surface area contributed by atoms with Gasteiger partial charge in [0.05, 0.1) is 24.8 Å². The van der Waals surface area contributed by atoms with Gasteiger partial charge in [-0.1, -0.05) is 90.4 Å². The van der Waals surface area contributed by atoms with E-state index in [-0.39, 0.29) is 11.4 Å². The number of aryl methyl sites for hydroxylation is 1. The van der Waals surface area contributed by atoms with Gasteiger partial charge in [-0.05, 0) is 68.2 Å². The van der Waals surface area contributed by atoms with Gasteiger partial charge in [0.2, 0.25) is 0 Å². The van der Waals surface area contributed by atoms with Crippen LogP contribution < -0.4 is 0 Å². The van der Waals surface area contributed by atoms with Crippen LogP contribution >= 0.6 is 0 Å². The minimum absolute atomic E-state index is 0.0468. The molecule has 0 radical (unpaired) electrons. The lowest BCUT2D eigenvalue weighted by atomic mass is 9.90. The van der Waals surface area contributed by atoms with E-state index in [0.717, 1.165) is 77.8 Å². The van der Waals surface area contributed by atoms with E-state index >= 15 is 0 Å². The zero-order valence-electron chi connectivity index (χ0n) is 22.9. The number of nitrogens with zero attached hydrogens (tertiary/aromatic N) is 1. The van der Waals surface area contributed by atoms with Crippen molar-refractivity contribution in [1.82, 2.24) is 5.16 Å². The molecule has 4 aromatic rings. The Morgan fingerprint density at radius 2 is 1.59 bits per heavy atom. The fourth-order valence-electron chi connectivity index (χ4n) is 5.43. The van der Waals surface area contributed by atoms with Crippen molar-refractivity contribution in [1.29, 1.82) is 0 Å². The van der Waals surface area contributed by atoms with Gasteiger partial charge in [0.15, 0.2) is 5.76 Å². The number of hydrogen-bond donors (Lipinski definition) is 1. The molecule has 0 spiro atoms. The normalized spacial score (nSPS) is 14.6. The number of carbonyl (C=O) groups excluding carboxylic acids is 1. The number of carbonyl (C=O) groups is 1. The fraction of sp³-hybridized carbons (Fsp3) is 0.353. The minimum Gasteiger partial charge on any atom is -0.466 e. The summed E-state index contributed by atoms with van der Waals surface area (Å²) in [5.74, 6) is 0.717. The third-order valence-corrected chi connectivity index (χ3v) is 7.94. The quantitative estimate of drug-likeness (QED) is 0.152. The molecular weight excluding hydrogens is 486 g/mol. The Labute approximate surface area is 230 Å².